The molecule has 0 saturated heterocycles. The van der Waals surface area contributed by atoms with Crippen molar-refractivity contribution in [1.29, 1.82) is 0 Å². The lowest BCUT2D eigenvalue weighted by atomic mass is 10.1. The Morgan fingerprint density at radius 1 is 1.03 bits per heavy atom. The molecule has 0 spiro atoms. The fourth-order valence-electron chi connectivity index (χ4n) is 2.87. The first kappa shape index (κ1) is 25.1. The summed E-state index contributed by atoms with van der Waals surface area (Å²) in [6.45, 7) is -2.38. The van der Waals surface area contributed by atoms with Crippen molar-refractivity contribution < 1.29 is 27.0 Å². The third-order valence-corrected chi connectivity index (χ3v) is 5.82. The molecule has 3 aromatic rings. The van der Waals surface area contributed by atoms with Gasteiger partial charge in [0, 0.05) is 29.1 Å². The van der Waals surface area contributed by atoms with Gasteiger partial charge < -0.3 is 9.47 Å². The first-order valence-electron chi connectivity index (χ1n) is 9.45. The van der Waals surface area contributed by atoms with Crippen LogP contribution in [0, 0.1) is 0 Å². The van der Waals surface area contributed by atoms with Gasteiger partial charge in [0.1, 0.15) is 11.5 Å². The summed E-state index contributed by atoms with van der Waals surface area (Å²) < 4.78 is 61.4. The lowest BCUT2D eigenvalue weighted by Gasteiger charge is -2.13. The average molecular weight is 522 g/mol. The van der Waals surface area contributed by atoms with Crippen LogP contribution in [0.25, 0.3) is 11.3 Å². The molecule has 0 unspecified atom stereocenters. The van der Waals surface area contributed by atoms with Crippen molar-refractivity contribution >= 4 is 40.3 Å². The summed E-state index contributed by atoms with van der Waals surface area (Å²) in [5.41, 5.74) is 1.78. The highest BCUT2D eigenvalue weighted by Crippen LogP contribution is 2.30. The molecular weight excluding hydrogens is 505 g/mol. The van der Waals surface area contributed by atoms with E-state index in [4.69, 9.17) is 23.2 Å². The Morgan fingerprint density at radius 2 is 1.76 bits per heavy atom. The Morgan fingerprint density at radius 3 is 2.39 bits per heavy atom. The molecule has 176 valence electrons. The van der Waals surface area contributed by atoms with Gasteiger partial charge in [0.2, 0.25) is 4.80 Å². The molecule has 2 aromatic carbocycles. The molecule has 0 N–H and O–H groups in total. The topological polar surface area (TPSA) is 48.1 Å². The minimum absolute atomic E-state index is 0.165. The average Bonchev–Trinajstić information content (AvgIpc) is 3.12. The highest BCUT2D eigenvalue weighted by atomic mass is 35.5. The van der Waals surface area contributed by atoms with Crippen molar-refractivity contribution in [3.05, 3.63) is 62.2 Å². The highest BCUT2D eigenvalue weighted by Gasteiger charge is 2.17. The maximum Gasteiger partial charge on any atom is 0.387 e. The number of alkyl halides is 4. The molecule has 3 rings (SSSR count). The number of nitrogens with zero attached hydrogens (tertiary/aromatic N) is 3. The lowest BCUT2D eigenvalue weighted by molar-refractivity contribution is -0.0543. The Labute approximate surface area is 200 Å². The van der Waals surface area contributed by atoms with E-state index in [0.29, 0.717) is 32.6 Å². The fraction of sp³-hybridized carbons (Fsp3) is 0.238. The van der Waals surface area contributed by atoms with E-state index < -0.39 is 13.2 Å². The van der Waals surface area contributed by atoms with Crippen LogP contribution in [0.2, 0.25) is 10.0 Å². The number of halogens is 6. The predicted octanol–water partition coefficient (Wildman–Crippen LogP) is 6.92. The van der Waals surface area contributed by atoms with Crippen LogP contribution in [-0.4, -0.2) is 30.2 Å². The number of ether oxygens (including phenoxy) is 2. The standard InChI is InChI=1S/C21H17Cl2F4N3O2S/c1-3-28-21-30(17(10-33-21)12-4-7-15(22)16(23)8-12)29-11(2)14-6-5-13(31-19(24)25)9-18(14)32-20(26)27/h4-10,19-20H,3H2,1-2H3/b28-21?,29-11-. The van der Waals surface area contributed by atoms with E-state index in [0.717, 1.165) is 6.07 Å². The number of benzene rings is 2. The molecule has 0 aliphatic heterocycles. The second kappa shape index (κ2) is 11.0. The summed E-state index contributed by atoms with van der Waals surface area (Å²) in [6, 6.07) is 8.57. The molecule has 5 nitrogen and oxygen atoms in total. The Hall–Kier alpha value is -2.56. The van der Waals surface area contributed by atoms with Gasteiger partial charge in [-0.2, -0.15) is 22.7 Å². The lowest BCUT2D eigenvalue weighted by Crippen LogP contribution is -2.15. The zero-order valence-electron chi connectivity index (χ0n) is 17.2. The summed E-state index contributed by atoms with van der Waals surface area (Å²) in [5, 5.41) is 7.12. The zero-order valence-corrected chi connectivity index (χ0v) is 19.6. The molecular formula is C21H17Cl2F4N3O2S. The number of thiazole rings is 1. The van der Waals surface area contributed by atoms with Crippen LogP contribution in [0.4, 0.5) is 17.6 Å². The van der Waals surface area contributed by atoms with E-state index >= 15 is 0 Å². The smallest absolute Gasteiger partial charge is 0.387 e. The fourth-order valence-corrected chi connectivity index (χ4v) is 4.06. The van der Waals surface area contributed by atoms with Gasteiger partial charge in [-0.15, -0.1) is 11.3 Å². The van der Waals surface area contributed by atoms with Crippen molar-refractivity contribution in [2.75, 3.05) is 6.54 Å². The molecule has 1 heterocycles. The summed E-state index contributed by atoms with van der Waals surface area (Å²) in [7, 11) is 0. The van der Waals surface area contributed by atoms with E-state index in [1.165, 1.54) is 23.5 Å². The van der Waals surface area contributed by atoms with Gasteiger partial charge in [0.15, 0.2) is 0 Å². The predicted molar refractivity (Wildman–Crippen MR) is 121 cm³/mol. The summed E-state index contributed by atoms with van der Waals surface area (Å²) in [5.74, 6) is -0.677. The maximum absolute atomic E-state index is 13.0. The number of hydrogen-bond acceptors (Lipinski definition) is 5. The third kappa shape index (κ3) is 6.27. The van der Waals surface area contributed by atoms with Crippen molar-refractivity contribution in [1.82, 2.24) is 4.68 Å². The van der Waals surface area contributed by atoms with Gasteiger partial charge in [-0.1, -0.05) is 29.3 Å². The third-order valence-electron chi connectivity index (χ3n) is 4.23. The van der Waals surface area contributed by atoms with E-state index in [-0.39, 0.29) is 22.8 Å². The van der Waals surface area contributed by atoms with Gasteiger partial charge >= 0.3 is 13.2 Å². The Kier molecular flexibility index (Phi) is 8.39. The molecule has 1 aromatic heterocycles. The molecule has 0 bridgehead atoms. The second-order valence-electron chi connectivity index (χ2n) is 6.42. The normalized spacial score (nSPS) is 12.7. The van der Waals surface area contributed by atoms with E-state index in [1.807, 2.05) is 12.3 Å². The van der Waals surface area contributed by atoms with Crippen molar-refractivity contribution in [3.8, 4) is 22.8 Å². The highest BCUT2D eigenvalue weighted by molar-refractivity contribution is 7.07. The molecule has 0 amide bonds. The summed E-state index contributed by atoms with van der Waals surface area (Å²) >= 11 is 13.5. The monoisotopic (exact) mass is 521 g/mol. The number of rotatable bonds is 8. The van der Waals surface area contributed by atoms with Gasteiger partial charge in [0.25, 0.3) is 0 Å². The largest absolute Gasteiger partial charge is 0.435 e. The molecule has 33 heavy (non-hydrogen) atoms. The van der Waals surface area contributed by atoms with Crippen LogP contribution in [0.5, 0.6) is 11.5 Å². The molecule has 0 saturated carbocycles. The second-order valence-corrected chi connectivity index (χ2v) is 8.07. The number of aromatic nitrogens is 1. The van der Waals surface area contributed by atoms with E-state index in [2.05, 4.69) is 19.6 Å². The van der Waals surface area contributed by atoms with Crippen LogP contribution in [0.3, 0.4) is 0 Å². The van der Waals surface area contributed by atoms with Crippen molar-refractivity contribution in [2.45, 2.75) is 27.1 Å². The van der Waals surface area contributed by atoms with Crippen LogP contribution in [0.1, 0.15) is 19.4 Å². The number of hydrogen-bond donors (Lipinski definition) is 0. The quantitative estimate of drug-likeness (QED) is 0.238. The maximum atomic E-state index is 13.0. The first-order chi connectivity index (χ1) is 15.7. The SMILES string of the molecule is CCN=c1scc(-c2ccc(Cl)c(Cl)c2)n1/N=C(/C)c1ccc(OC(F)F)cc1OC(F)F. The zero-order chi connectivity index (χ0) is 24.1. The van der Waals surface area contributed by atoms with Crippen LogP contribution in [0.15, 0.2) is 51.9 Å². The minimum Gasteiger partial charge on any atom is -0.435 e. The van der Waals surface area contributed by atoms with Gasteiger partial charge in [0.05, 0.1) is 21.5 Å². The van der Waals surface area contributed by atoms with Gasteiger partial charge in [-0.05, 0) is 38.1 Å². The molecule has 12 heteroatoms. The molecule has 0 aliphatic rings. The molecule has 0 fully saturated rings. The Balaban J connectivity index is 2.13. The summed E-state index contributed by atoms with van der Waals surface area (Å²) in [6.07, 6.45) is 0. The van der Waals surface area contributed by atoms with Crippen molar-refractivity contribution in [3.63, 3.8) is 0 Å². The molecule has 0 radical (unpaired) electrons. The minimum atomic E-state index is -3.18. The first-order valence-corrected chi connectivity index (χ1v) is 11.1. The van der Waals surface area contributed by atoms with Crippen LogP contribution >= 0.6 is 34.5 Å². The Bertz CT molecular complexity index is 1230. The van der Waals surface area contributed by atoms with Crippen molar-refractivity contribution in [2.24, 2.45) is 10.1 Å². The van der Waals surface area contributed by atoms with Gasteiger partial charge in [-0.3, -0.25) is 4.99 Å². The van der Waals surface area contributed by atoms with Crippen LogP contribution < -0.4 is 14.3 Å². The van der Waals surface area contributed by atoms with Gasteiger partial charge in [-0.25, -0.2) is 4.68 Å². The van der Waals surface area contributed by atoms with E-state index in [9.17, 15) is 17.6 Å². The molecule has 0 aliphatic carbocycles. The summed E-state index contributed by atoms with van der Waals surface area (Å²) in [4.78, 5) is 4.97. The van der Waals surface area contributed by atoms with Crippen LogP contribution in [-0.2, 0) is 0 Å². The van der Waals surface area contributed by atoms with E-state index in [1.54, 1.807) is 29.8 Å². The molecule has 0 atom stereocenters.